The van der Waals surface area contributed by atoms with Crippen molar-refractivity contribution in [2.45, 2.75) is 19.1 Å². The third-order valence-electron chi connectivity index (χ3n) is 2.68. The quantitative estimate of drug-likeness (QED) is 0.927. The molecule has 1 aliphatic rings. The van der Waals surface area contributed by atoms with Gasteiger partial charge in [-0.15, -0.1) is 11.3 Å². The first-order chi connectivity index (χ1) is 9.24. The zero-order chi connectivity index (χ0) is 13.2. The van der Waals surface area contributed by atoms with Crippen LogP contribution in [-0.4, -0.2) is 33.2 Å². The summed E-state index contributed by atoms with van der Waals surface area (Å²) in [5.41, 5.74) is 6.47. The summed E-state index contributed by atoms with van der Waals surface area (Å²) in [6.45, 7) is 2.62. The van der Waals surface area contributed by atoms with Gasteiger partial charge in [-0.05, 0) is 6.92 Å². The van der Waals surface area contributed by atoms with E-state index in [1.54, 1.807) is 0 Å². The first-order valence-electron chi connectivity index (χ1n) is 5.98. The van der Waals surface area contributed by atoms with Crippen molar-refractivity contribution in [2.24, 2.45) is 5.73 Å². The van der Waals surface area contributed by atoms with Gasteiger partial charge in [0.2, 0.25) is 5.82 Å². The number of nitrogens with zero attached hydrogens (tertiary/aromatic N) is 3. The Morgan fingerprint density at radius 3 is 3.05 bits per heavy atom. The van der Waals surface area contributed by atoms with E-state index in [1.807, 2.05) is 24.1 Å². The van der Waals surface area contributed by atoms with Crippen molar-refractivity contribution in [1.29, 1.82) is 0 Å². The number of hydrogen-bond donors (Lipinski definition) is 1. The molecule has 19 heavy (non-hydrogen) atoms. The molecule has 0 aliphatic carbocycles. The van der Waals surface area contributed by atoms with E-state index in [4.69, 9.17) is 15.0 Å². The maximum atomic E-state index is 5.79. The van der Waals surface area contributed by atoms with Crippen LogP contribution in [0.5, 0.6) is 0 Å². The van der Waals surface area contributed by atoms with Gasteiger partial charge < -0.3 is 15.0 Å². The zero-order valence-electron chi connectivity index (χ0n) is 10.4. The van der Waals surface area contributed by atoms with E-state index >= 15 is 0 Å². The van der Waals surface area contributed by atoms with Crippen LogP contribution in [0.2, 0.25) is 0 Å². The number of rotatable bonds is 3. The third-order valence-corrected chi connectivity index (χ3v) is 4.72. The molecular formula is C11H14N4O2S2. The standard InChI is InChI=1S/C11H14N4O2S2/c1-6(12)11-13-7(4-19-11)10-14-9(15-17-10)8-5-18-3-2-16-8/h4,6,8H,2-3,5,12H2,1H3. The highest BCUT2D eigenvalue weighted by Gasteiger charge is 2.23. The van der Waals surface area contributed by atoms with Crippen molar-refractivity contribution < 1.29 is 9.26 Å². The lowest BCUT2D eigenvalue weighted by Crippen LogP contribution is -2.16. The molecule has 0 saturated carbocycles. The molecule has 1 saturated heterocycles. The van der Waals surface area contributed by atoms with Gasteiger partial charge in [0.25, 0.3) is 5.89 Å². The van der Waals surface area contributed by atoms with Gasteiger partial charge in [0.1, 0.15) is 16.8 Å². The van der Waals surface area contributed by atoms with E-state index in [0.717, 1.165) is 23.1 Å². The molecule has 3 heterocycles. The Morgan fingerprint density at radius 1 is 1.47 bits per heavy atom. The Morgan fingerprint density at radius 2 is 2.37 bits per heavy atom. The van der Waals surface area contributed by atoms with Crippen molar-refractivity contribution in [3.05, 3.63) is 16.2 Å². The summed E-state index contributed by atoms with van der Waals surface area (Å²) in [5, 5.41) is 6.72. The minimum Gasteiger partial charge on any atom is -0.368 e. The highest BCUT2D eigenvalue weighted by Crippen LogP contribution is 2.28. The van der Waals surface area contributed by atoms with Gasteiger partial charge in [0.05, 0.1) is 12.6 Å². The molecule has 2 aromatic rings. The van der Waals surface area contributed by atoms with E-state index < -0.39 is 0 Å². The molecule has 0 amide bonds. The summed E-state index contributed by atoms with van der Waals surface area (Å²) >= 11 is 3.33. The summed E-state index contributed by atoms with van der Waals surface area (Å²) in [5.74, 6) is 2.90. The van der Waals surface area contributed by atoms with Crippen LogP contribution < -0.4 is 5.73 Å². The molecule has 0 spiro atoms. The molecule has 6 nitrogen and oxygen atoms in total. The highest BCUT2D eigenvalue weighted by atomic mass is 32.2. The van der Waals surface area contributed by atoms with Crippen LogP contribution in [0.15, 0.2) is 9.90 Å². The second-order valence-corrected chi connectivity index (χ2v) is 6.29. The van der Waals surface area contributed by atoms with Crippen LogP contribution in [0, 0.1) is 0 Å². The van der Waals surface area contributed by atoms with Gasteiger partial charge in [0.15, 0.2) is 0 Å². The van der Waals surface area contributed by atoms with Crippen molar-refractivity contribution in [2.75, 3.05) is 18.1 Å². The predicted molar refractivity (Wildman–Crippen MR) is 74.0 cm³/mol. The molecule has 0 bridgehead atoms. The maximum Gasteiger partial charge on any atom is 0.277 e. The summed E-state index contributed by atoms with van der Waals surface area (Å²) < 4.78 is 10.9. The van der Waals surface area contributed by atoms with E-state index in [-0.39, 0.29) is 12.1 Å². The number of thiazole rings is 1. The smallest absolute Gasteiger partial charge is 0.277 e. The predicted octanol–water partition coefficient (Wildman–Crippen LogP) is 2.02. The Labute approximate surface area is 118 Å². The van der Waals surface area contributed by atoms with Crippen molar-refractivity contribution in [3.8, 4) is 11.6 Å². The van der Waals surface area contributed by atoms with E-state index in [0.29, 0.717) is 17.4 Å². The number of ether oxygens (including phenoxy) is 1. The molecule has 2 unspecified atom stereocenters. The monoisotopic (exact) mass is 298 g/mol. The lowest BCUT2D eigenvalue weighted by Gasteiger charge is -2.18. The molecule has 2 aromatic heterocycles. The van der Waals surface area contributed by atoms with Crippen molar-refractivity contribution >= 4 is 23.1 Å². The Kier molecular flexibility index (Phi) is 3.83. The minimum atomic E-state index is -0.0841. The molecule has 102 valence electrons. The molecule has 0 aromatic carbocycles. The first kappa shape index (κ1) is 13.0. The van der Waals surface area contributed by atoms with E-state index in [9.17, 15) is 0 Å². The summed E-state index contributed by atoms with van der Waals surface area (Å²) in [6.07, 6.45) is -0.0808. The third kappa shape index (κ3) is 2.81. The molecule has 3 rings (SSSR count). The van der Waals surface area contributed by atoms with Crippen LogP contribution in [0.4, 0.5) is 0 Å². The van der Waals surface area contributed by atoms with Gasteiger partial charge in [-0.1, -0.05) is 5.16 Å². The zero-order valence-corrected chi connectivity index (χ0v) is 12.0. The molecule has 2 N–H and O–H groups in total. The number of aromatic nitrogens is 3. The minimum absolute atomic E-state index is 0.0808. The molecule has 0 radical (unpaired) electrons. The average Bonchev–Trinajstić information content (AvgIpc) is 3.09. The van der Waals surface area contributed by atoms with Crippen LogP contribution >= 0.6 is 23.1 Å². The normalized spacial score (nSPS) is 21.5. The molecular weight excluding hydrogens is 284 g/mol. The topological polar surface area (TPSA) is 87.1 Å². The lowest BCUT2D eigenvalue weighted by molar-refractivity contribution is 0.0677. The van der Waals surface area contributed by atoms with Gasteiger partial charge in [0, 0.05) is 16.9 Å². The molecule has 8 heteroatoms. The fraction of sp³-hybridized carbons (Fsp3) is 0.545. The SMILES string of the molecule is CC(N)c1nc(-c2nc(C3CSCCO3)no2)cs1. The fourth-order valence-corrected chi connectivity index (χ4v) is 3.29. The highest BCUT2D eigenvalue weighted by molar-refractivity contribution is 7.99. The maximum absolute atomic E-state index is 5.79. The van der Waals surface area contributed by atoms with Gasteiger partial charge in [-0.3, -0.25) is 0 Å². The largest absolute Gasteiger partial charge is 0.368 e. The van der Waals surface area contributed by atoms with Gasteiger partial charge >= 0.3 is 0 Å². The number of hydrogen-bond acceptors (Lipinski definition) is 8. The van der Waals surface area contributed by atoms with Crippen LogP contribution in [0.1, 0.15) is 29.9 Å². The van der Waals surface area contributed by atoms with Crippen LogP contribution in [-0.2, 0) is 4.74 Å². The van der Waals surface area contributed by atoms with Gasteiger partial charge in [-0.25, -0.2) is 4.98 Å². The fourth-order valence-electron chi connectivity index (χ4n) is 1.70. The van der Waals surface area contributed by atoms with Crippen LogP contribution in [0.3, 0.4) is 0 Å². The Bertz CT molecular complexity index is 548. The van der Waals surface area contributed by atoms with Crippen molar-refractivity contribution in [1.82, 2.24) is 15.1 Å². The Balaban J connectivity index is 1.79. The van der Waals surface area contributed by atoms with E-state index in [1.165, 1.54) is 11.3 Å². The lowest BCUT2D eigenvalue weighted by atomic mass is 10.3. The summed E-state index contributed by atoms with van der Waals surface area (Å²) in [6, 6.07) is -0.0841. The average molecular weight is 298 g/mol. The Hall–Kier alpha value is -0.960. The first-order valence-corrected chi connectivity index (χ1v) is 8.02. The second-order valence-electron chi connectivity index (χ2n) is 4.25. The second kappa shape index (κ2) is 5.58. The van der Waals surface area contributed by atoms with Crippen molar-refractivity contribution in [3.63, 3.8) is 0 Å². The van der Waals surface area contributed by atoms with E-state index in [2.05, 4.69) is 15.1 Å². The number of thioether (sulfide) groups is 1. The molecule has 1 aliphatic heterocycles. The van der Waals surface area contributed by atoms with Crippen LogP contribution in [0.25, 0.3) is 11.6 Å². The summed E-state index contributed by atoms with van der Waals surface area (Å²) in [7, 11) is 0. The molecule has 2 atom stereocenters. The van der Waals surface area contributed by atoms with Gasteiger partial charge in [-0.2, -0.15) is 16.7 Å². The summed E-state index contributed by atoms with van der Waals surface area (Å²) in [4.78, 5) is 8.75. The number of nitrogens with two attached hydrogens (primary N) is 1. The molecule has 1 fully saturated rings.